The van der Waals surface area contributed by atoms with Gasteiger partial charge in [0.05, 0.1) is 22.6 Å². The topological polar surface area (TPSA) is 90.3 Å². The number of hydrogen-bond acceptors (Lipinski definition) is 5. The second-order valence-electron chi connectivity index (χ2n) is 7.28. The summed E-state index contributed by atoms with van der Waals surface area (Å²) in [6.45, 7) is 1.56. The largest absolute Gasteiger partial charge is 0.493 e. The molecule has 33 heavy (non-hydrogen) atoms. The number of halogens is 4. The van der Waals surface area contributed by atoms with Gasteiger partial charge in [0.25, 0.3) is 5.91 Å². The summed E-state index contributed by atoms with van der Waals surface area (Å²) in [6, 6.07) is 9.06. The molecule has 0 saturated carbocycles. The smallest absolute Gasteiger partial charge is 0.352 e. The van der Waals surface area contributed by atoms with Crippen molar-refractivity contribution in [1.82, 2.24) is 15.0 Å². The average Bonchev–Trinajstić information content (AvgIpc) is 3.12. The average molecular weight is 478 g/mol. The molecule has 1 amide bonds. The molecule has 0 aliphatic carbocycles. The minimum Gasteiger partial charge on any atom is -0.352 e. The Kier molecular flexibility index (Phi) is 5.71. The van der Waals surface area contributed by atoms with Gasteiger partial charge < -0.3 is 10.2 Å². The number of rotatable bonds is 4. The molecule has 0 unspecified atom stereocenters. The van der Waals surface area contributed by atoms with Crippen molar-refractivity contribution in [3.05, 3.63) is 64.4 Å². The summed E-state index contributed by atoms with van der Waals surface area (Å²) in [6.07, 6.45) is -3.65. The zero-order valence-corrected chi connectivity index (χ0v) is 17.8. The summed E-state index contributed by atoms with van der Waals surface area (Å²) < 4.78 is 39.4. The number of carbonyl (C=O) groups excluding carboxylic acids is 3. The van der Waals surface area contributed by atoms with Gasteiger partial charge in [0.15, 0.2) is 5.78 Å². The maximum Gasteiger partial charge on any atom is 0.493 e. The minimum absolute atomic E-state index is 0.0621. The van der Waals surface area contributed by atoms with Gasteiger partial charge in [-0.05, 0) is 43.3 Å². The number of aromatic nitrogens is 2. The SMILES string of the molecule is CC(=O)c1cc(Cl)cc(-c2cc(-c3cc4c(n3OC(=O)C(F)(F)F)CCNC4=O)ccn2)c1. The Hall–Kier alpha value is -3.66. The van der Waals surface area contributed by atoms with Gasteiger partial charge in [0.2, 0.25) is 0 Å². The molecule has 0 saturated heterocycles. The maximum atomic E-state index is 12.9. The van der Waals surface area contributed by atoms with Crippen molar-refractivity contribution < 1.29 is 32.4 Å². The highest BCUT2D eigenvalue weighted by molar-refractivity contribution is 6.31. The van der Waals surface area contributed by atoms with E-state index in [9.17, 15) is 27.6 Å². The lowest BCUT2D eigenvalue weighted by Crippen LogP contribution is -2.37. The van der Waals surface area contributed by atoms with Gasteiger partial charge in [0.1, 0.15) is 0 Å². The van der Waals surface area contributed by atoms with Crippen LogP contribution in [0.2, 0.25) is 5.02 Å². The predicted molar refractivity (Wildman–Crippen MR) is 112 cm³/mol. The van der Waals surface area contributed by atoms with Gasteiger partial charge in [-0.15, -0.1) is 0 Å². The molecule has 1 aliphatic heterocycles. The lowest BCUT2D eigenvalue weighted by Gasteiger charge is -2.17. The Balaban J connectivity index is 1.84. The second-order valence-corrected chi connectivity index (χ2v) is 7.72. The third kappa shape index (κ3) is 4.47. The number of benzene rings is 1. The summed E-state index contributed by atoms with van der Waals surface area (Å²) >= 11 is 6.12. The van der Waals surface area contributed by atoms with Gasteiger partial charge in [-0.3, -0.25) is 14.6 Å². The minimum atomic E-state index is -5.22. The van der Waals surface area contributed by atoms with Crippen molar-refractivity contribution in [2.45, 2.75) is 19.5 Å². The van der Waals surface area contributed by atoms with Crippen molar-refractivity contribution in [2.75, 3.05) is 6.54 Å². The Morgan fingerprint density at radius 1 is 1.15 bits per heavy atom. The summed E-state index contributed by atoms with van der Waals surface area (Å²) in [4.78, 5) is 44.5. The number of alkyl halides is 3. The van der Waals surface area contributed by atoms with Crippen molar-refractivity contribution >= 4 is 29.3 Å². The first-order chi connectivity index (χ1) is 15.5. The van der Waals surface area contributed by atoms with Crippen LogP contribution in [0.4, 0.5) is 13.2 Å². The molecule has 1 aliphatic rings. The molecule has 3 heterocycles. The number of pyridine rings is 1. The number of fused-ring (bicyclic) bond motifs is 1. The first-order valence-corrected chi connectivity index (χ1v) is 10.0. The Morgan fingerprint density at radius 3 is 2.61 bits per heavy atom. The van der Waals surface area contributed by atoms with Crippen LogP contribution in [0, 0.1) is 0 Å². The van der Waals surface area contributed by atoms with Crippen LogP contribution in [0.5, 0.6) is 0 Å². The van der Waals surface area contributed by atoms with Gasteiger partial charge >= 0.3 is 12.1 Å². The number of amides is 1. The van der Waals surface area contributed by atoms with E-state index in [0.717, 1.165) is 4.73 Å². The summed E-state index contributed by atoms with van der Waals surface area (Å²) in [5, 5.41) is 2.91. The van der Waals surface area contributed by atoms with E-state index in [4.69, 9.17) is 11.6 Å². The van der Waals surface area contributed by atoms with Crippen LogP contribution in [0.25, 0.3) is 22.5 Å². The Labute approximate surface area is 190 Å². The number of ketones is 1. The molecule has 1 aromatic carbocycles. The summed E-state index contributed by atoms with van der Waals surface area (Å²) in [5.41, 5.74) is 1.88. The standard InChI is InChI=1S/C22H15ClF3N3O4/c1-11(30)13-6-14(8-15(23)7-13)17-9-12(2-4-27-17)19-10-16-18(3-5-28-20(16)31)29(19)33-21(32)22(24,25)26/h2,4,6-10H,3,5H2,1H3,(H,28,31). The zero-order valence-electron chi connectivity index (χ0n) is 17.0. The molecular weight excluding hydrogens is 463 g/mol. The molecule has 4 rings (SSSR count). The Morgan fingerprint density at radius 2 is 1.91 bits per heavy atom. The van der Waals surface area contributed by atoms with E-state index in [0.29, 0.717) is 27.4 Å². The fourth-order valence-corrected chi connectivity index (χ4v) is 3.72. The van der Waals surface area contributed by atoms with Crippen molar-refractivity contribution in [3.63, 3.8) is 0 Å². The maximum absolute atomic E-state index is 12.9. The van der Waals surface area contributed by atoms with Crippen molar-refractivity contribution in [1.29, 1.82) is 0 Å². The quantitative estimate of drug-likeness (QED) is 0.576. The molecule has 0 fully saturated rings. The molecule has 2 aromatic heterocycles. The van der Waals surface area contributed by atoms with E-state index < -0.39 is 18.1 Å². The zero-order chi connectivity index (χ0) is 23.9. The van der Waals surface area contributed by atoms with Crippen LogP contribution in [0.3, 0.4) is 0 Å². The van der Waals surface area contributed by atoms with Crippen molar-refractivity contribution in [2.24, 2.45) is 0 Å². The van der Waals surface area contributed by atoms with Crippen LogP contribution in [0.15, 0.2) is 42.6 Å². The van der Waals surface area contributed by atoms with Gasteiger partial charge in [0, 0.05) is 40.9 Å². The number of nitrogens with zero attached hydrogens (tertiary/aromatic N) is 2. The van der Waals surface area contributed by atoms with E-state index in [-0.39, 0.29) is 35.7 Å². The predicted octanol–water partition coefficient (Wildman–Crippen LogP) is 3.88. The van der Waals surface area contributed by atoms with Gasteiger partial charge in [-0.1, -0.05) is 11.6 Å². The van der Waals surface area contributed by atoms with Crippen LogP contribution in [-0.2, 0) is 11.2 Å². The summed E-state index contributed by atoms with van der Waals surface area (Å²) in [5.74, 6) is -3.11. The number of nitrogens with one attached hydrogen (secondary N) is 1. The van der Waals surface area contributed by atoms with Crippen LogP contribution in [0.1, 0.15) is 33.3 Å². The molecule has 0 bridgehead atoms. The molecule has 7 nitrogen and oxygen atoms in total. The molecule has 0 atom stereocenters. The first-order valence-electron chi connectivity index (χ1n) is 9.65. The molecule has 1 N–H and O–H groups in total. The van der Waals surface area contributed by atoms with Gasteiger partial charge in [-0.2, -0.15) is 17.9 Å². The second kappa shape index (κ2) is 8.36. The molecule has 11 heteroatoms. The third-order valence-corrected chi connectivity index (χ3v) is 5.23. The van der Waals surface area contributed by atoms with Crippen LogP contribution in [-0.4, -0.2) is 40.1 Å². The molecule has 3 aromatic rings. The van der Waals surface area contributed by atoms with E-state index >= 15 is 0 Å². The number of hydrogen-bond donors (Lipinski definition) is 1. The fraction of sp³-hybridized carbons (Fsp3) is 0.182. The first kappa shape index (κ1) is 22.5. The van der Waals surface area contributed by atoms with E-state index in [1.807, 2.05) is 0 Å². The molecule has 0 spiro atoms. The van der Waals surface area contributed by atoms with E-state index in [1.54, 1.807) is 12.1 Å². The van der Waals surface area contributed by atoms with Gasteiger partial charge in [-0.25, -0.2) is 4.79 Å². The third-order valence-electron chi connectivity index (χ3n) is 5.01. The lowest BCUT2D eigenvalue weighted by atomic mass is 10.0. The summed E-state index contributed by atoms with van der Waals surface area (Å²) in [7, 11) is 0. The normalized spacial score (nSPS) is 13.3. The molecule has 0 radical (unpaired) electrons. The lowest BCUT2D eigenvalue weighted by molar-refractivity contribution is -0.199. The van der Waals surface area contributed by atoms with Crippen molar-refractivity contribution in [3.8, 4) is 22.5 Å². The highest BCUT2D eigenvalue weighted by Gasteiger charge is 2.43. The van der Waals surface area contributed by atoms with E-state index in [2.05, 4.69) is 15.1 Å². The fourth-order valence-electron chi connectivity index (χ4n) is 3.48. The monoisotopic (exact) mass is 477 g/mol. The molecular formula is C22H15ClF3N3O4. The van der Waals surface area contributed by atoms with Crippen LogP contribution >= 0.6 is 11.6 Å². The molecule has 170 valence electrons. The highest BCUT2D eigenvalue weighted by Crippen LogP contribution is 2.31. The number of carbonyl (C=O) groups is 3. The Bertz CT molecular complexity index is 1300. The number of Topliss-reactive ketones (excluding diaryl/α,β-unsaturated/α-hetero) is 1. The van der Waals surface area contributed by atoms with E-state index in [1.165, 1.54) is 37.4 Å². The van der Waals surface area contributed by atoms with Crippen LogP contribution < -0.4 is 10.2 Å². The highest BCUT2D eigenvalue weighted by atomic mass is 35.5.